The molecule has 1 aliphatic heterocycles. The molecule has 8 heteroatoms. The lowest BCUT2D eigenvalue weighted by atomic mass is 10.1. The Balaban J connectivity index is 2.31. The molecule has 0 aliphatic carbocycles. The number of carbonyl (C=O) groups excluding carboxylic acids is 3. The summed E-state index contributed by atoms with van der Waals surface area (Å²) in [4.78, 5) is 38.7. The average Bonchev–Trinajstić information content (AvgIpc) is 2.66. The first-order valence-electron chi connectivity index (χ1n) is 5.83. The number of carbonyl (C=O) groups is 3. The third-order valence-corrected chi connectivity index (χ3v) is 2.86. The van der Waals surface area contributed by atoms with Crippen LogP contribution in [0.15, 0.2) is 0 Å². The molecule has 1 heterocycles. The maximum absolute atomic E-state index is 11.5. The van der Waals surface area contributed by atoms with Crippen LogP contribution in [0.25, 0.3) is 0 Å². The molecule has 1 aliphatic rings. The van der Waals surface area contributed by atoms with Crippen molar-refractivity contribution in [2.24, 2.45) is 5.73 Å². The summed E-state index contributed by atoms with van der Waals surface area (Å²) in [5.41, 5.74) is 5.62. The van der Waals surface area contributed by atoms with Crippen molar-refractivity contribution in [3.8, 4) is 0 Å². The van der Waals surface area contributed by atoms with Gasteiger partial charge in [0.05, 0.1) is 0 Å². The van der Waals surface area contributed by atoms with E-state index in [9.17, 15) is 14.4 Å². The van der Waals surface area contributed by atoms with Crippen molar-refractivity contribution in [1.82, 2.24) is 10.2 Å². The first kappa shape index (κ1) is 15.0. The molecular weight excluding hydrogens is 257 g/mol. The van der Waals surface area contributed by atoms with E-state index >= 15 is 0 Å². The molecule has 7 nitrogen and oxygen atoms in total. The van der Waals surface area contributed by atoms with Gasteiger partial charge in [0.25, 0.3) is 11.8 Å². The molecule has 1 fully saturated rings. The largest absolute Gasteiger partial charge is 0.349 e. The summed E-state index contributed by atoms with van der Waals surface area (Å²) in [6.45, 7) is 0.815. The second kappa shape index (κ2) is 7.41. The summed E-state index contributed by atoms with van der Waals surface area (Å²) in [7, 11) is 2.39. The number of nitrogens with two attached hydrogens (primary N) is 1. The number of imide groups is 1. The van der Waals surface area contributed by atoms with E-state index in [1.165, 1.54) is 0 Å². The molecule has 0 spiro atoms. The van der Waals surface area contributed by atoms with Crippen LogP contribution >= 0.6 is 9.39 Å². The maximum Gasteiger partial charge on any atom is 0.349 e. The Morgan fingerprint density at radius 3 is 2.56 bits per heavy atom. The molecule has 3 N–H and O–H groups in total. The number of rotatable bonds is 7. The van der Waals surface area contributed by atoms with E-state index < -0.39 is 23.8 Å². The number of amides is 2. The van der Waals surface area contributed by atoms with Crippen molar-refractivity contribution in [3.63, 3.8) is 0 Å². The van der Waals surface area contributed by atoms with Gasteiger partial charge in [0.1, 0.15) is 6.04 Å². The van der Waals surface area contributed by atoms with E-state index in [0.717, 1.165) is 19.4 Å². The van der Waals surface area contributed by atoms with Crippen LogP contribution in [-0.2, 0) is 19.2 Å². The van der Waals surface area contributed by atoms with Gasteiger partial charge in [-0.3, -0.25) is 9.59 Å². The molecule has 2 atom stereocenters. The molecule has 1 rings (SSSR count). The summed E-state index contributed by atoms with van der Waals surface area (Å²) in [5, 5.41) is 3.42. The summed E-state index contributed by atoms with van der Waals surface area (Å²) in [5.74, 6) is -1.72. The van der Waals surface area contributed by atoms with Crippen LogP contribution in [0, 0.1) is 0 Å². The van der Waals surface area contributed by atoms with Crippen LogP contribution in [0.1, 0.15) is 32.1 Å². The van der Waals surface area contributed by atoms with Crippen molar-refractivity contribution in [2.75, 3.05) is 6.54 Å². The zero-order valence-corrected chi connectivity index (χ0v) is 11.2. The third-order valence-electron chi connectivity index (χ3n) is 2.58. The van der Waals surface area contributed by atoms with Crippen molar-refractivity contribution in [1.29, 1.82) is 0 Å². The highest BCUT2D eigenvalue weighted by Gasteiger charge is 2.33. The Labute approximate surface area is 108 Å². The predicted octanol–water partition coefficient (Wildman–Crippen LogP) is -0.529. The number of nitrogens with zero attached hydrogens (tertiary/aromatic N) is 1. The lowest BCUT2D eigenvalue weighted by Gasteiger charge is -2.16. The van der Waals surface area contributed by atoms with E-state index in [1.54, 1.807) is 0 Å². The lowest BCUT2D eigenvalue weighted by Crippen LogP contribution is -2.40. The molecule has 0 aromatic carbocycles. The Morgan fingerprint density at radius 1 is 1.39 bits per heavy atom. The van der Waals surface area contributed by atoms with Gasteiger partial charge in [0.15, 0.2) is 0 Å². The summed E-state index contributed by atoms with van der Waals surface area (Å²) in [6.07, 6.45) is 2.27. The van der Waals surface area contributed by atoms with Crippen LogP contribution in [-0.4, -0.2) is 35.4 Å². The highest BCUT2D eigenvalue weighted by molar-refractivity contribution is 7.13. The molecule has 102 valence electrons. The Kier molecular flexibility index (Phi) is 6.18. The van der Waals surface area contributed by atoms with Gasteiger partial charge in [-0.1, -0.05) is 15.8 Å². The summed E-state index contributed by atoms with van der Waals surface area (Å²) in [6, 6.07) is -0.810. The van der Waals surface area contributed by atoms with Gasteiger partial charge in [-0.2, -0.15) is 0 Å². The fourth-order valence-corrected chi connectivity index (χ4v) is 1.73. The van der Waals surface area contributed by atoms with E-state index in [-0.39, 0.29) is 12.8 Å². The smallest absolute Gasteiger partial charge is 0.329 e. The third kappa shape index (κ3) is 4.33. The molecule has 0 bridgehead atoms. The van der Waals surface area contributed by atoms with E-state index in [2.05, 4.69) is 14.5 Å². The highest BCUT2D eigenvalue weighted by atomic mass is 31.0. The minimum Gasteiger partial charge on any atom is -0.329 e. The fourth-order valence-electron chi connectivity index (χ4n) is 1.52. The summed E-state index contributed by atoms with van der Waals surface area (Å²) < 4.78 is 0. The van der Waals surface area contributed by atoms with Gasteiger partial charge >= 0.3 is 5.97 Å². The SMILES string of the molecule is NC(CCCCNP)C(=O)ON1C(=O)CCC1=O. The molecule has 2 amide bonds. The minimum atomic E-state index is -0.810. The Bertz CT molecular complexity index is 321. The van der Waals surface area contributed by atoms with Crippen molar-refractivity contribution in [2.45, 2.75) is 38.1 Å². The maximum atomic E-state index is 11.5. The second-order valence-corrected chi connectivity index (χ2v) is 4.46. The first-order valence-corrected chi connectivity index (χ1v) is 6.40. The van der Waals surface area contributed by atoms with E-state index in [1.807, 2.05) is 0 Å². The Hall–Kier alpha value is -1.04. The topological polar surface area (TPSA) is 102 Å². The zero-order chi connectivity index (χ0) is 13.5. The molecule has 0 aromatic heterocycles. The molecule has 0 saturated carbocycles. The van der Waals surface area contributed by atoms with Crippen LogP contribution in [0.2, 0.25) is 0 Å². The van der Waals surface area contributed by atoms with Gasteiger partial charge in [-0.05, 0) is 19.4 Å². The van der Waals surface area contributed by atoms with Gasteiger partial charge in [0.2, 0.25) is 0 Å². The lowest BCUT2D eigenvalue weighted by molar-refractivity contribution is -0.198. The normalized spacial score (nSPS) is 17.1. The fraction of sp³-hybridized carbons (Fsp3) is 0.700. The van der Waals surface area contributed by atoms with Crippen molar-refractivity contribution < 1.29 is 19.2 Å². The number of hydrogen-bond acceptors (Lipinski definition) is 6. The second-order valence-electron chi connectivity index (χ2n) is 4.05. The van der Waals surface area contributed by atoms with E-state index in [0.29, 0.717) is 11.5 Å². The minimum absolute atomic E-state index is 0.0845. The van der Waals surface area contributed by atoms with Crippen LogP contribution < -0.4 is 10.8 Å². The molecule has 0 aromatic rings. The average molecular weight is 275 g/mol. The number of hydrogen-bond donors (Lipinski definition) is 2. The molecule has 18 heavy (non-hydrogen) atoms. The van der Waals surface area contributed by atoms with Crippen LogP contribution in [0.4, 0.5) is 0 Å². The number of nitrogens with one attached hydrogen (secondary N) is 1. The van der Waals surface area contributed by atoms with Crippen molar-refractivity contribution >= 4 is 27.2 Å². The Morgan fingerprint density at radius 2 is 2.00 bits per heavy atom. The van der Waals surface area contributed by atoms with Gasteiger partial charge in [-0.15, -0.1) is 5.06 Å². The number of hydroxylamine groups is 2. The van der Waals surface area contributed by atoms with Crippen LogP contribution in [0.5, 0.6) is 0 Å². The zero-order valence-electron chi connectivity index (χ0n) is 10.1. The predicted molar refractivity (Wildman–Crippen MR) is 66.7 cm³/mol. The van der Waals surface area contributed by atoms with Gasteiger partial charge in [0, 0.05) is 12.8 Å². The van der Waals surface area contributed by atoms with Crippen molar-refractivity contribution in [3.05, 3.63) is 0 Å². The molecule has 2 unspecified atom stereocenters. The monoisotopic (exact) mass is 275 g/mol. The highest BCUT2D eigenvalue weighted by Crippen LogP contribution is 2.13. The molecule has 0 radical (unpaired) electrons. The molecule has 1 saturated heterocycles. The quantitative estimate of drug-likeness (QED) is 0.368. The van der Waals surface area contributed by atoms with E-state index in [4.69, 9.17) is 10.6 Å². The first-order chi connectivity index (χ1) is 8.56. The standard InChI is InChI=1S/C10H18N3O4P/c11-7(3-1-2-6-12-18)10(16)17-13-8(14)4-5-9(13)15/h7,12H,1-6,11,18H2. The van der Waals surface area contributed by atoms with Crippen LogP contribution in [0.3, 0.4) is 0 Å². The van der Waals surface area contributed by atoms with Gasteiger partial charge in [-0.25, -0.2) is 4.79 Å². The number of unbranched alkanes of at least 4 members (excludes halogenated alkanes) is 1. The molecular formula is C10H18N3O4P. The summed E-state index contributed by atoms with van der Waals surface area (Å²) >= 11 is 0. The van der Waals surface area contributed by atoms with Gasteiger partial charge < -0.3 is 15.7 Å².